The van der Waals surface area contributed by atoms with Crippen LogP contribution in [0.1, 0.15) is 19.8 Å². The smallest absolute Gasteiger partial charge is 0.243 e. The number of aryl methyl sites for hydroxylation is 1. The quantitative estimate of drug-likeness (QED) is 0.787. The third-order valence-corrected chi connectivity index (χ3v) is 6.71. The molecule has 2 heterocycles. The van der Waals surface area contributed by atoms with E-state index < -0.39 is 15.8 Å². The molecule has 28 heavy (non-hydrogen) atoms. The van der Waals surface area contributed by atoms with E-state index in [0.29, 0.717) is 25.1 Å². The number of sulfonamides is 1. The highest BCUT2D eigenvalue weighted by Gasteiger charge is 2.32. The summed E-state index contributed by atoms with van der Waals surface area (Å²) in [6.45, 7) is 3.05. The minimum absolute atomic E-state index is 0.0132. The molecule has 1 amide bonds. The summed E-state index contributed by atoms with van der Waals surface area (Å²) < 4.78 is 47.2. The van der Waals surface area contributed by atoms with Crippen molar-refractivity contribution in [2.45, 2.75) is 31.2 Å². The fourth-order valence-corrected chi connectivity index (χ4v) is 4.64. The lowest BCUT2D eigenvalue weighted by Gasteiger charge is -2.30. The monoisotopic (exact) mass is 410 g/mol. The molecule has 0 saturated carbocycles. The normalized spacial score (nSPS) is 16.1. The maximum absolute atomic E-state index is 13.9. The molecular formula is C18H23FN4O4S. The summed E-state index contributed by atoms with van der Waals surface area (Å²) in [5.41, 5.74) is 0.621. The first-order valence-electron chi connectivity index (χ1n) is 9.02. The fraction of sp³-hybridized carbons (Fsp3) is 0.444. The second-order valence-electron chi connectivity index (χ2n) is 6.55. The van der Waals surface area contributed by atoms with Gasteiger partial charge in [-0.1, -0.05) is 0 Å². The molecule has 1 saturated heterocycles. The van der Waals surface area contributed by atoms with Crippen molar-refractivity contribution in [1.82, 2.24) is 14.1 Å². The number of aromatic nitrogens is 2. The Morgan fingerprint density at radius 3 is 2.64 bits per heavy atom. The molecular weight excluding hydrogens is 387 g/mol. The highest BCUT2D eigenvalue weighted by atomic mass is 32.2. The van der Waals surface area contributed by atoms with E-state index in [0.717, 1.165) is 6.07 Å². The summed E-state index contributed by atoms with van der Waals surface area (Å²) in [7, 11) is -2.51. The van der Waals surface area contributed by atoms with Crippen molar-refractivity contribution in [2.24, 2.45) is 5.92 Å². The molecule has 0 spiro atoms. The number of methoxy groups -OCH3 is 1. The summed E-state index contributed by atoms with van der Waals surface area (Å²) in [5, 5.41) is 6.92. The van der Waals surface area contributed by atoms with Crippen molar-refractivity contribution in [1.29, 1.82) is 0 Å². The van der Waals surface area contributed by atoms with Gasteiger partial charge in [0.25, 0.3) is 0 Å². The average Bonchev–Trinajstić information content (AvgIpc) is 3.15. The third kappa shape index (κ3) is 4.17. The van der Waals surface area contributed by atoms with Gasteiger partial charge in [0, 0.05) is 31.7 Å². The number of amides is 1. The lowest BCUT2D eigenvalue weighted by Crippen LogP contribution is -2.41. The third-order valence-electron chi connectivity index (χ3n) is 4.81. The standard InChI is InChI=1S/C18H23FN4O4S/c1-3-22-12-14(11-20-22)21-18(24)13-6-8-23(9-7-13)28(25,26)15-4-5-17(27-2)16(19)10-15/h4-5,10-13H,3,6-9H2,1-2H3,(H,21,24). The molecule has 1 N–H and O–H groups in total. The molecule has 0 bridgehead atoms. The second kappa shape index (κ2) is 8.27. The summed E-state index contributed by atoms with van der Waals surface area (Å²) in [6, 6.07) is 3.57. The van der Waals surface area contributed by atoms with E-state index in [4.69, 9.17) is 4.74 Å². The van der Waals surface area contributed by atoms with Crippen molar-refractivity contribution in [2.75, 3.05) is 25.5 Å². The molecule has 0 aliphatic carbocycles. The average molecular weight is 410 g/mol. The van der Waals surface area contributed by atoms with E-state index in [9.17, 15) is 17.6 Å². The summed E-state index contributed by atoms with van der Waals surface area (Å²) in [5.74, 6) is -1.18. The van der Waals surface area contributed by atoms with Crippen LogP contribution in [0.15, 0.2) is 35.5 Å². The second-order valence-corrected chi connectivity index (χ2v) is 8.49. The summed E-state index contributed by atoms with van der Waals surface area (Å²) in [6.07, 6.45) is 4.12. The molecule has 1 aliphatic rings. The zero-order chi connectivity index (χ0) is 20.3. The van der Waals surface area contributed by atoms with Crippen LogP contribution in [-0.2, 0) is 21.4 Å². The number of piperidine rings is 1. The SMILES string of the molecule is CCn1cc(NC(=O)C2CCN(S(=O)(=O)c3ccc(OC)c(F)c3)CC2)cn1. The summed E-state index contributed by atoms with van der Waals surface area (Å²) >= 11 is 0. The van der Waals surface area contributed by atoms with Crippen LogP contribution in [0, 0.1) is 11.7 Å². The first kappa shape index (κ1) is 20.3. The predicted molar refractivity (Wildman–Crippen MR) is 101 cm³/mol. The van der Waals surface area contributed by atoms with Gasteiger partial charge in [0.2, 0.25) is 15.9 Å². The molecule has 8 nitrogen and oxygen atoms in total. The van der Waals surface area contributed by atoms with Gasteiger partial charge in [0.1, 0.15) is 0 Å². The van der Waals surface area contributed by atoms with Gasteiger partial charge in [-0.25, -0.2) is 12.8 Å². The molecule has 0 unspecified atom stereocenters. The topological polar surface area (TPSA) is 93.5 Å². The number of nitrogens with zero attached hydrogens (tertiary/aromatic N) is 3. The maximum atomic E-state index is 13.9. The number of halogens is 1. The van der Waals surface area contributed by atoms with Gasteiger partial charge in [0.05, 0.1) is 23.9 Å². The van der Waals surface area contributed by atoms with Crippen LogP contribution in [0.5, 0.6) is 5.75 Å². The number of carbonyl (C=O) groups is 1. The van der Waals surface area contributed by atoms with Crippen molar-refractivity contribution < 1.29 is 22.3 Å². The summed E-state index contributed by atoms with van der Waals surface area (Å²) in [4.78, 5) is 12.3. The van der Waals surface area contributed by atoms with Gasteiger partial charge >= 0.3 is 0 Å². The first-order chi connectivity index (χ1) is 13.3. The number of rotatable bonds is 6. The highest BCUT2D eigenvalue weighted by molar-refractivity contribution is 7.89. The number of hydrogen-bond acceptors (Lipinski definition) is 5. The Morgan fingerprint density at radius 2 is 2.07 bits per heavy atom. The van der Waals surface area contributed by atoms with Crippen LogP contribution in [-0.4, -0.2) is 48.6 Å². The fourth-order valence-electron chi connectivity index (χ4n) is 3.16. The van der Waals surface area contributed by atoms with Gasteiger partial charge in [-0.15, -0.1) is 0 Å². The van der Waals surface area contributed by atoms with E-state index in [-0.39, 0.29) is 35.6 Å². The van der Waals surface area contributed by atoms with Crippen molar-refractivity contribution in [3.63, 3.8) is 0 Å². The lowest BCUT2D eigenvalue weighted by molar-refractivity contribution is -0.120. The Morgan fingerprint density at radius 1 is 1.36 bits per heavy atom. The molecule has 0 radical (unpaired) electrons. The Labute approximate surface area is 163 Å². The van der Waals surface area contributed by atoms with E-state index >= 15 is 0 Å². The molecule has 0 atom stereocenters. The van der Waals surface area contributed by atoms with Crippen LogP contribution in [0.2, 0.25) is 0 Å². The minimum atomic E-state index is -3.82. The maximum Gasteiger partial charge on any atom is 0.243 e. The number of carbonyl (C=O) groups excluding carboxylic acids is 1. The molecule has 152 valence electrons. The van der Waals surface area contributed by atoms with Crippen molar-refractivity contribution in [3.05, 3.63) is 36.4 Å². The van der Waals surface area contributed by atoms with Gasteiger partial charge in [0.15, 0.2) is 11.6 Å². The van der Waals surface area contributed by atoms with E-state index in [1.165, 1.54) is 23.5 Å². The number of nitrogens with one attached hydrogen (secondary N) is 1. The zero-order valence-corrected chi connectivity index (χ0v) is 16.6. The van der Waals surface area contributed by atoms with Crippen LogP contribution >= 0.6 is 0 Å². The molecule has 1 aliphatic heterocycles. The molecule has 1 fully saturated rings. The number of benzene rings is 1. The molecule has 2 aromatic rings. The number of hydrogen-bond donors (Lipinski definition) is 1. The molecule has 3 rings (SSSR count). The van der Waals surface area contributed by atoms with Crippen LogP contribution in [0.4, 0.5) is 10.1 Å². The van der Waals surface area contributed by atoms with Crippen LogP contribution < -0.4 is 10.1 Å². The Hall–Kier alpha value is -2.46. The van der Waals surface area contributed by atoms with E-state index in [1.54, 1.807) is 17.1 Å². The molecule has 1 aromatic heterocycles. The van der Waals surface area contributed by atoms with E-state index in [1.807, 2.05) is 6.92 Å². The Bertz CT molecular complexity index is 952. The first-order valence-corrected chi connectivity index (χ1v) is 10.5. The number of anilines is 1. The number of ether oxygens (including phenoxy) is 1. The van der Waals surface area contributed by atoms with Gasteiger partial charge in [-0.05, 0) is 38.0 Å². The molecule has 1 aromatic carbocycles. The van der Waals surface area contributed by atoms with Crippen molar-refractivity contribution >= 4 is 21.6 Å². The zero-order valence-electron chi connectivity index (χ0n) is 15.8. The lowest BCUT2D eigenvalue weighted by atomic mass is 9.97. The minimum Gasteiger partial charge on any atom is -0.494 e. The van der Waals surface area contributed by atoms with Crippen molar-refractivity contribution in [3.8, 4) is 5.75 Å². The van der Waals surface area contributed by atoms with Crippen LogP contribution in [0.25, 0.3) is 0 Å². The van der Waals surface area contributed by atoms with Gasteiger partial charge in [-0.2, -0.15) is 9.40 Å². The highest BCUT2D eigenvalue weighted by Crippen LogP contribution is 2.27. The van der Waals surface area contributed by atoms with Gasteiger partial charge in [-0.3, -0.25) is 9.48 Å². The van der Waals surface area contributed by atoms with E-state index in [2.05, 4.69) is 10.4 Å². The molecule has 10 heteroatoms. The Kier molecular flexibility index (Phi) is 5.99. The van der Waals surface area contributed by atoms with Crippen LogP contribution in [0.3, 0.4) is 0 Å². The predicted octanol–water partition coefficient (Wildman–Crippen LogP) is 2.09. The Balaban J connectivity index is 1.62. The van der Waals surface area contributed by atoms with Gasteiger partial charge < -0.3 is 10.1 Å². The largest absolute Gasteiger partial charge is 0.494 e.